The second kappa shape index (κ2) is 21.0. The van der Waals surface area contributed by atoms with Gasteiger partial charge in [0, 0.05) is 6.54 Å². The summed E-state index contributed by atoms with van der Waals surface area (Å²) in [5.74, 6) is -0.209. The Kier molecular flexibility index (Phi) is 20.1. The summed E-state index contributed by atoms with van der Waals surface area (Å²) in [7, 11) is 0. The van der Waals surface area contributed by atoms with Gasteiger partial charge in [0.05, 0.1) is 0 Å². The Morgan fingerprint density at radius 2 is 1.10 bits per heavy atom. The number of nitrogens with one attached hydrogen (secondary N) is 2. The summed E-state index contributed by atoms with van der Waals surface area (Å²) in [5, 5.41) is 14.1. The molecule has 0 heterocycles. The minimum Gasteiger partial charge on any atom is -0.465 e. The van der Waals surface area contributed by atoms with E-state index in [9.17, 15) is 9.59 Å². The third-order valence-electron chi connectivity index (χ3n) is 6.10. The van der Waals surface area contributed by atoms with E-state index >= 15 is 0 Å². The van der Waals surface area contributed by atoms with Gasteiger partial charge in [0.25, 0.3) is 0 Å². The molecule has 0 aliphatic carbocycles. The fourth-order valence-electron chi connectivity index (χ4n) is 3.83. The number of hydrogen-bond acceptors (Lipinski definition) is 2. The molecule has 0 aliphatic heterocycles. The van der Waals surface area contributed by atoms with Crippen LogP contribution in [0.4, 0.5) is 4.79 Å². The molecule has 0 aromatic rings. The Morgan fingerprint density at radius 3 is 1.47 bits per heavy atom. The molecular formula is C25H50N2O3. The molecule has 0 saturated heterocycles. The summed E-state index contributed by atoms with van der Waals surface area (Å²) in [5.41, 5.74) is 0. The van der Waals surface area contributed by atoms with Crippen LogP contribution >= 0.6 is 0 Å². The van der Waals surface area contributed by atoms with E-state index in [4.69, 9.17) is 5.11 Å². The maximum absolute atomic E-state index is 12.2. The zero-order valence-corrected chi connectivity index (χ0v) is 20.1. The molecule has 30 heavy (non-hydrogen) atoms. The van der Waals surface area contributed by atoms with Crippen molar-refractivity contribution in [2.24, 2.45) is 5.92 Å². The minimum atomic E-state index is -1.14. The minimum absolute atomic E-state index is 0.00750. The van der Waals surface area contributed by atoms with Gasteiger partial charge in [0.15, 0.2) is 0 Å². The highest BCUT2D eigenvalue weighted by Gasteiger charge is 2.25. The summed E-state index contributed by atoms with van der Waals surface area (Å²) in [6, 6.07) is -0.659. The molecule has 0 rings (SSSR count). The predicted octanol–water partition coefficient (Wildman–Crippen LogP) is 7.05. The molecule has 2 amide bonds. The van der Waals surface area contributed by atoms with Crippen molar-refractivity contribution in [1.82, 2.24) is 10.6 Å². The molecule has 0 unspecified atom stereocenters. The zero-order chi connectivity index (χ0) is 22.5. The summed E-state index contributed by atoms with van der Waals surface area (Å²) >= 11 is 0. The van der Waals surface area contributed by atoms with Gasteiger partial charge in [-0.3, -0.25) is 4.79 Å². The number of carboxylic acid groups (broad SMARTS) is 1. The number of carbonyl (C=O) groups is 2. The van der Waals surface area contributed by atoms with Crippen molar-refractivity contribution in [3.8, 4) is 0 Å². The van der Waals surface area contributed by atoms with Crippen LogP contribution < -0.4 is 10.6 Å². The van der Waals surface area contributed by atoms with Crippen LogP contribution in [0.1, 0.15) is 130 Å². The number of rotatable bonds is 21. The lowest BCUT2D eigenvalue weighted by Crippen LogP contribution is -2.50. The summed E-state index contributed by atoms with van der Waals surface area (Å²) in [4.78, 5) is 23.1. The van der Waals surface area contributed by atoms with E-state index in [1.807, 2.05) is 13.8 Å². The van der Waals surface area contributed by atoms with Crippen LogP contribution in [0.2, 0.25) is 0 Å². The first kappa shape index (κ1) is 28.7. The molecule has 5 nitrogen and oxygen atoms in total. The van der Waals surface area contributed by atoms with Crippen LogP contribution in [0.5, 0.6) is 0 Å². The standard InChI is InChI=1S/C25H50N2O3/c1-4-6-7-8-9-10-11-12-13-14-15-16-17-18-19-20-21-26-24(28)23(22(3)5-2)27-25(29)30/h22-23,27H,4-21H2,1-3H3,(H,26,28)(H,29,30)/t22-,23-/m1/s1. The maximum Gasteiger partial charge on any atom is 0.405 e. The molecule has 0 radical (unpaired) electrons. The normalized spacial score (nSPS) is 13.0. The fraction of sp³-hybridized carbons (Fsp3) is 0.920. The fourth-order valence-corrected chi connectivity index (χ4v) is 3.83. The molecule has 3 N–H and O–H groups in total. The largest absolute Gasteiger partial charge is 0.465 e. The van der Waals surface area contributed by atoms with Gasteiger partial charge in [-0.15, -0.1) is 0 Å². The van der Waals surface area contributed by atoms with Crippen LogP contribution in [0, 0.1) is 5.92 Å². The Labute approximate surface area is 186 Å². The van der Waals surface area contributed by atoms with Crippen molar-refractivity contribution in [3.63, 3.8) is 0 Å². The van der Waals surface area contributed by atoms with Crippen molar-refractivity contribution in [1.29, 1.82) is 0 Å². The SMILES string of the molecule is CCCCCCCCCCCCCCCCCCNC(=O)[C@H](NC(=O)O)[C@H](C)CC. The lowest BCUT2D eigenvalue weighted by molar-refractivity contribution is -0.124. The first-order valence-corrected chi connectivity index (χ1v) is 12.8. The molecule has 0 fully saturated rings. The summed E-state index contributed by atoms with van der Waals surface area (Å²) in [6.45, 7) is 6.76. The van der Waals surface area contributed by atoms with Gasteiger partial charge in [-0.1, -0.05) is 124 Å². The Balaban J connectivity index is 3.45. The Morgan fingerprint density at radius 1 is 0.700 bits per heavy atom. The molecule has 0 aromatic carbocycles. The monoisotopic (exact) mass is 426 g/mol. The first-order chi connectivity index (χ1) is 14.5. The van der Waals surface area contributed by atoms with Crippen molar-refractivity contribution in [2.45, 2.75) is 136 Å². The third-order valence-corrected chi connectivity index (χ3v) is 6.10. The van der Waals surface area contributed by atoms with Crippen molar-refractivity contribution in [2.75, 3.05) is 6.54 Å². The molecule has 178 valence electrons. The van der Waals surface area contributed by atoms with Crippen LogP contribution in [-0.2, 0) is 4.79 Å². The molecule has 0 saturated carbocycles. The Hall–Kier alpha value is -1.26. The molecule has 0 spiro atoms. The van der Waals surface area contributed by atoms with E-state index in [-0.39, 0.29) is 11.8 Å². The smallest absolute Gasteiger partial charge is 0.405 e. The highest BCUT2D eigenvalue weighted by molar-refractivity contribution is 5.85. The highest BCUT2D eigenvalue weighted by atomic mass is 16.4. The highest BCUT2D eigenvalue weighted by Crippen LogP contribution is 2.13. The molecule has 5 heteroatoms. The van der Waals surface area contributed by atoms with E-state index in [2.05, 4.69) is 17.6 Å². The summed E-state index contributed by atoms with van der Waals surface area (Å²) < 4.78 is 0. The van der Waals surface area contributed by atoms with Crippen LogP contribution in [-0.4, -0.2) is 29.7 Å². The van der Waals surface area contributed by atoms with Crippen LogP contribution in [0.3, 0.4) is 0 Å². The molecule has 0 aliphatic rings. The average Bonchev–Trinajstić information content (AvgIpc) is 2.73. The van der Waals surface area contributed by atoms with E-state index < -0.39 is 12.1 Å². The number of carbonyl (C=O) groups excluding carboxylic acids is 1. The first-order valence-electron chi connectivity index (χ1n) is 12.8. The number of amides is 2. The van der Waals surface area contributed by atoms with Crippen LogP contribution in [0.25, 0.3) is 0 Å². The topological polar surface area (TPSA) is 78.4 Å². The third kappa shape index (κ3) is 17.6. The number of unbranched alkanes of at least 4 members (excludes halogenated alkanes) is 15. The lowest BCUT2D eigenvalue weighted by Gasteiger charge is -2.22. The van der Waals surface area contributed by atoms with Crippen LogP contribution in [0.15, 0.2) is 0 Å². The molecule has 0 aromatic heterocycles. The average molecular weight is 427 g/mol. The Bertz CT molecular complexity index is 415. The molecule has 2 atom stereocenters. The van der Waals surface area contributed by atoms with Crippen molar-refractivity contribution in [3.05, 3.63) is 0 Å². The zero-order valence-electron chi connectivity index (χ0n) is 20.1. The van der Waals surface area contributed by atoms with E-state index in [0.717, 1.165) is 19.3 Å². The number of hydrogen-bond donors (Lipinski definition) is 3. The van der Waals surface area contributed by atoms with Gasteiger partial charge in [0.2, 0.25) is 5.91 Å². The van der Waals surface area contributed by atoms with Gasteiger partial charge in [-0.2, -0.15) is 0 Å². The second-order valence-corrected chi connectivity index (χ2v) is 8.91. The predicted molar refractivity (Wildman–Crippen MR) is 127 cm³/mol. The van der Waals surface area contributed by atoms with Gasteiger partial charge in [0.1, 0.15) is 6.04 Å². The van der Waals surface area contributed by atoms with Gasteiger partial charge >= 0.3 is 6.09 Å². The van der Waals surface area contributed by atoms with E-state index in [1.165, 1.54) is 89.9 Å². The maximum atomic E-state index is 12.2. The van der Waals surface area contributed by atoms with E-state index in [0.29, 0.717) is 6.54 Å². The molecule has 0 bridgehead atoms. The van der Waals surface area contributed by atoms with E-state index in [1.54, 1.807) is 0 Å². The van der Waals surface area contributed by atoms with Gasteiger partial charge in [-0.25, -0.2) is 4.79 Å². The van der Waals surface area contributed by atoms with Gasteiger partial charge in [-0.05, 0) is 12.3 Å². The van der Waals surface area contributed by atoms with Crippen molar-refractivity contribution < 1.29 is 14.7 Å². The molecular weight excluding hydrogens is 376 g/mol. The van der Waals surface area contributed by atoms with Gasteiger partial charge < -0.3 is 15.7 Å². The summed E-state index contributed by atoms with van der Waals surface area (Å²) in [6.07, 6.45) is 20.9. The second-order valence-electron chi connectivity index (χ2n) is 8.91. The lowest BCUT2D eigenvalue weighted by atomic mass is 9.98. The van der Waals surface area contributed by atoms with Crippen molar-refractivity contribution >= 4 is 12.0 Å². The quantitative estimate of drug-likeness (QED) is 0.172.